The van der Waals surface area contributed by atoms with E-state index in [2.05, 4.69) is 0 Å². The Morgan fingerprint density at radius 3 is 1.67 bits per heavy atom. The Hall–Kier alpha value is -3.94. The number of esters is 2. The molecule has 11 nitrogen and oxygen atoms in total. The van der Waals surface area contributed by atoms with Crippen molar-refractivity contribution in [2.75, 3.05) is 20.3 Å². The molecule has 11 atom stereocenters. The highest BCUT2D eigenvalue weighted by atomic mass is 16.7. The molecular formula is C38H44O11. The second-order valence-electron chi connectivity index (χ2n) is 11.3. The molecule has 1 fully saturated rings. The molecule has 2 aliphatic rings. The van der Waals surface area contributed by atoms with E-state index in [4.69, 9.17) is 46.7 Å². The van der Waals surface area contributed by atoms with E-state index < -0.39 is 80.9 Å². The lowest BCUT2D eigenvalue weighted by molar-refractivity contribution is -0.327. The first-order chi connectivity index (χ1) is 25.1. The molecule has 3 aromatic rings. The van der Waals surface area contributed by atoms with Gasteiger partial charge in [-0.2, -0.15) is 0 Å². The maximum atomic E-state index is 11.7. The average Bonchev–Trinajstić information content (AvgIpc) is 3.16. The zero-order chi connectivity index (χ0) is 37.0. The molecule has 3 aromatic carbocycles. The number of carbonyl (C=O) groups is 2. The van der Waals surface area contributed by atoms with Crippen LogP contribution in [0.25, 0.3) is 0 Å². The quantitative estimate of drug-likeness (QED) is 0.152. The lowest BCUT2D eigenvalue weighted by Gasteiger charge is -2.45. The number of ether oxygens (including phenoxy) is 9. The Morgan fingerprint density at radius 1 is 0.633 bits per heavy atom. The zero-order valence-corrected chi connectivity index (χ0v) is 27.6. The summed E-state index contributed by atoms with van der Waals surface area (Å²) < 4.78 is 80.8. The van der Waals surface area contributed by atoms with E-state index in [9.17, 15) is 9.59 Å². The van der Waals surface area contributed by atoms with Crippen LogP contribution in [-0.4, -0.2) is 81.5 Å². The molecule has 0 amide bonds. The van der Waals surface area contributed by atoms with Crippen LogP contribution in [0.3, 0.4) is 0 Å². The van der Waals surface area contributed by atoms with Gasteiger partial charge in [-0.05, 0) is 28.8 Å². The molecule has 11 heteroatoms. The lowest BCUT2D eigenvalue weighted by atomic mass is 9.97. The number of rotatable bonds is 16. The summed E-state index contributed by atoms with van der Waals surface area (Å²) >= 11 is 0. The van der Waals surface area contributed by atoms with E-state index in [1.165, 1.54) is 21.0 Å². The number of methoxy groups -OCH3 is 1. The van der Waals surface area contributed by atoms with E-state index in [0.717, 1.165) is 0 Å². The Labute approximate surface area is 291 Å². The number of hydrogen-bond acceptors (Lipinski definition) is 11. The molecule has 49 heavy (non-hydrogen) atoms. The van der Waals surface area contributed by atoms with Gasteiger partial charge in [-0.15, -0.1) is 0 Å². The summed E-state index contributed by atoms with van der Waals surface area (Å²) in [5, 5.41) is 0. The minimum Gasteiger partial charge on any atom is -0.463 e. The average molecular weight is 680 g/mol. The summed E-state index contributed by atoms with van der Waals surface area (Å²) in [5.74, 6) is -1.07. The van der Waals surface area contributed by atoms with Crippen molar-refractivity contribution < 1.29 is 56.3 Å². The highest BCUT2D eigenvalue weighted by Crippen LogP contribution is 2.32. The molecule has 4 unspecified atom stereocenters. The van der Waals surface area contributed by atoms with Crippen molar-refractivity contribution in [2.45, 2.75) is 82.8 Å². The summed E-state index contributed by atoms with van der Waals surface area (Å²) in [6, 6.07) is 26.8. The minimum atomic E-state index is -1.22. The Morgan fingerprint density at radius 2 is 1.16 bits per heavy atom. The molecule has 5 rings (SSSR count). The molecular weight excluding hydrogens is 632 g/mol. The first kappa shape index (κ1) is 32.3. The number of carbonyl (C=O) groups excluding carboxylic acids is 2. The van der Waals surface area contributed by atoms with E-state index in [-0.39, 0.29) is 13.2 Å². The summed E-state index contributed by atoms with van der Waals surface area (Å²) in [6.45, 7) is -1.48. The first-order valence-electron chi connectivity index (χ1n) is 17.7. The highest BCUT2D eigenvalue weighted by molar-refractivity contribution is 5.66. The fourth-order valence-electron chi connectivity index (χ4n) is 5.28. The van der Waals surface area contributed by atoms with Crippen molar-refractivity contribution in [2.24, 2.45) is 0 Å². The van der Waals surface area contributed by atoms with Gasteiger partial charge in [-0.3, -0.25) is 9.59 Å². The van der Waals surface area contributed by atoms with Crippen LogP contribution in [0.5, 0.6) is 0 Å². The van der Waals surface area contributed by atoms with Crippen LogP contribution < -0.4 is 0 Å². The Balaban J connectivity index is 1.45. The fraction of sp³-hybridized carbons (Fsp3) is 0.421. The van der Waals surface area contributed by atoms with Gasteiger partial charge < -0.3 is 42.6 Å². The summed E-state index contributed by atoms with van der Waals surface area (Å²) in [5.41, 5.74) is 1.69. The standard InChI is InChI=1S/C38H44O11/c1-26(39)42-24-32-31(47-27(2)40)19-20-34(48-32)43-25-33-35(44-21-28-13-7-4-8-14-28)36(45-22-29-15-9-5-10-16-29)37(38(41-3)49-33)46-23-30-17-11-6-12-18-30/h4-20,31-38H,21-25H2,1-3H3/t31-,32+,33+,34-,35+,36-,37-,38?/m0/s1/i21D,22D,23D/t21?,22?,23?,31-,32+,33+,34-,35+,36-,37-,38?. The summed E-state index contributed by atoms with van der Waals surface area (Å²) in [6.07, 6.45) is -4.94. The van der Waals surface area contributed by atoms with Crippen LogP contribution in [0, 0.1) is 0 Å². The largest absolute Gasteiger partial charge is 0.463 e. The second-order valence-corrected chi connectivity index (χ2v) is 11.3. The third-order valence-corrected chi connectivity index (χ3v) is 7.62. The SMILES string of the molecule is [2H]C(O[C@H]1[C@H](OC([2H])c2ccccc2)[C@@H](CO[C@@H]2C=C[C@H](OC(C)=O)[C@@H](COC(C)=O)O2)OC(OC)[C@H]1OC([2H])c1ccccc1)c1ccccc1. The second kappa shape index (κ2) is 18.7. The van der Waals surface area contributed by atoms with Crippen LogP contribution in [0.15, 0.2) is 103 Å². The van der Waals surface area contributed by atoms with Gasteiger partial charge >= 0.3 is 11.9 Å². The van der Waals surface area contributed by atoms with Gasteiger partial charge in [-0.1, -0.05) is 91.0 Å². The van der Waals surface area contributed by atoms with Crippen molar-refractivity contribution in [3.05, 3.63) is 120 Å². The van der Waals surface area contributed by atoms with Crippen LogP contribution in [0.4, 0.5) is 0 Å². The van der Waals surface area contributed by atoms with Gasteiger partial charge in [0.05, 0.1) is 30.5 Å². The van der Waals surface area contributed by atoms with Crippen molar-refractivity contribution in [3.8, 4) is 0 Å². The molecule has 1 saturated heterocycles. The highest BCUT2D eigenvalue weighted by Gasteiger charge is 2.49. The number of hydrogen-bond donors (Lipinski definition) is 0. The smallest absolute Gasteiger partial charge is 0.303 e. The maximum absolute atomic E-state index is 11.7. The van der Waals surface area contributed by atoms with Gasteiger partial charge in [0.25, 0.3) is 0 Å². The van der Waals surface area contributed by atoms with Crippen molar-refractivity contribution in [1.29, 1.82) is 0 Å². The lowest BCUT2D eigenvalue weighted by Crippen LogP contribution is -2.61. The third-order valence-electron chi connectivity index (χ3n) is 7.62. The van der Waals surface area contributed by atoms with Gasteiger partial charge in [0.2, 0.25) is 0 Å². The molecule has 2 aliphatic heterocycles. The summed E-state index contributed by atoms with van der Waals surface area (Å²) in [7, 11) is 1.42. The van der Waals surface area contributed by atoms with Gasteiger partial charge in [0.1, 0.15) is 43.2 Å². The molecule has 2 heterocycles. The summed E-state index contributed by atoms with van der Waals surface area (Å²) in [4.78, 5) is 23.3. The van der Waals surface area contributed by atoms with Gasteiger partial charge in [0, 0.05) is 21.0 Å². The van der Waals surface area contributed by atoms with Crippen molar-refractivity contribution in [3.63, 3.8) is 0 Å². The zero-order valence-electron chi connectivity index (χ0n) is 30.6. The van der Waals surface area contributed by atoms with E-state index in [0.29, 0.717) is 16.7 Å². The van der Waals surface area contributed by atoms with Crippen LogP contribution in [0.2, 0.25) is 0 Å². The van der Waals surface area contributed by atoms with Gasteiger partial charge in [-0.25, -0.2) is 0 Å². The Kier molecular flexibility index (Phi) is 12.3. The fourth-order valence-corrected chi connectivity index (χ4v) is 5.28. The predicted molar refractivity (Wildman–Crippen MR) is 177 cm³/mol. The molecule has 262 valence electrons. The molecule has 0 spiro atoms. The molecule has 0 bridgehead atoms. The van der Waals surface area contributed by atoms with Gasteiger partial charge in [0.15, 0.2) is 12.6 Å². The van der Waals surface area contributed by atoms with E-state index >= 15 is 0 Å². The monoisotopic (exact) mass is 679 g/mol. The minimum absolute atomic E-state index is 0.191. The van der Waals surface area contributed by atoms with Crippen LogP contribution in [0.1, 0.15) is 34.7 Å². The first-order valence-corrected chi connectivity index (χ1v) is 15.9. The molecule has 0 N–H and O–H groups in total. The molecule has 0 aliphatic carbocycles. The number of benzene rings is 3. The maximum Gasteiger partial charge on any atom is 0.303 e. The Bertz CT molecular complexity index is 1570. The third kappa shape index (κ3) is 11.0. The molecule has 0 saturated carbocycles. The molecule has 0 aromatic heterocycles. The topological polar surface area (TPSA) is 117 Å². The van der Waals surface area contributed by atoms with E-state index in [1.807, 2.05) is 18.2 Å². The van der Waals surface area contributed by atoms with Crippen LogP contribution >= 0.6 is 0 Å². The predicted octanol–water partition coefficient (Wildman–Crippen LogP) is 4.91. The normalized spacial score (nSPS) is 29.4. The molecule has 0 radical (unpaired) electrons. The van der Waals surface area contributed by atoms with E-state index in [1.54, 1.807) is 84.9 Å². The van der Waals surface area contributed by atoms with Crippen molar-refractivity contribution >= 4 is 11.9 Å². The van der Waals surface area contributed by atoms with Crippen molar-refractivity contribution in [1.82, 2.24) is 0 Å². The van der Waals surface area contributed by atoms with Crippen LogP contribution in [-0.2, 0) is 72.0 Å².